The molecule has 0 radical (unpaired) electrons. The summed E-state index contributed by atoms with van der Waals surface area (Å²) in [6, 6.07) is 10.6. The van der Waals surface area contributed by atoms with Gasteiger partial charge in [-0.25, -0.2) is 4.39 Å². The zero-order valence-corrected chi connectivity index (χ0v) is 12.5. The third kappa shape index (κ3) is 3.32. The maximum absolute atomic E-state index is 13.6. The summed E-state index contributed by atoms with van der Waals surface area (Å²) in [5, 5.41) is 9.73. The highest BCUT2D eigenvalue weighted by Gasteiger charge is 2.13. The highest BCUT2D eigenvalue weighted by atomic mass is 32.2. The summed E-state index contributed by atoms with van der Waals surface area (Å²) in [6.07, 6.45) is 1.22. The Balaban J connectivity index is 2.33. The van der Waals surface area contributed by atoms with Crippen molar-refractivity contribution in [1.29, 1.82) is 0 Å². The lowest BCUT2D eigenvalue weighted by Crippen LogP contribution is -1.99. The zero-order valence-electron chi connectivity index (χ0n) is 11.7. The average Bonchev–Trinajstić information content (AvgIpc) is 2.43. The van der Waals surface area contributed by atoms with E-state index in [0.29, 0.717) is 22.6 Å². The monoisotopic (exact) mass is 292 g/mol. The molecular formula is C16H17FO2S. The van der Waals surface area contributed by atoms with Crippen molar-refractivity contribution in [3.8, 4) is 11.5 Å². The Morgan fingerprint density at radius 2 is 1.85 bits per heavy atom. The van der Waals surface area contributed by atoms with E-state index in [9.17, 15) is 9.50 Å². The Kier molecular flexibility index (Phi) is 4.68. The van der Waals surface area contributed by atoms with Crippen molar-refractivity contribution in [3.63, 3.8) is 0 Å². The fraction of sp³-hybridized carbons (Fsp3) is 0.250. The van der Waals surface area contributed by atoms with E-state index in [1.165, 1.54) is 6.07 Å². The van der Waals surface area contributed by atoms with Crippen LogP contribution in [0.15, 0.2) is 41.3 Å². The summed E-state index contributed by atoms with van der Waals surface area (Å²) in [6.45, 7) is 3.26. The first-order valence-corrected chi connectivity index (χ1v) is 7.53. The van der Waals surface area contributed by atoms with Gasteiger partial charge in [-0.1, -0.05) is 0 Å². The molecule has 2 aromatic carbocycles. The summed E-state index contributed by atoms with van der Waals surface area (Å²) in [5.74, 6) is 0.803. The van der Waals surface area contributed by atoms with Crippen molar-refractivity contribution in [1.82, 2.24) is 0 Å². The maximum Gasteiger partial charge on any atom is 0.133 e. The van der Waals surface area contributed by atoms with Crippen LogP contribution in [0.4, 0.5) is 4.39 Å². The summed E-state index contributed by atoms with van der Waals surface area (Å²) in [5.41, 5.74) is 0.937. The SMILES string of the molecule is CSc1ccc(Oc2cc(C)c(F)cc2[C@H](C)O)cc1. The Morgan fingerprint density at radius 1 is 1.20 bits per heavy atom. The van der Waals surface area contributed by atoms with E-state index in [2.05, 4.69) is 0 Å². The number of rotatable bonds is 4. The van der Waals surface area contributed by atoms with Gasteiger partial charge in [0.2, 0.25) is 0 Å². The summed E-state index contributed by atoms with van der Waals surface area (Å²) >= 11 is 1.65. The van der Waals surface area contributed by atoms with E-state index in [-0.39, 0.29) is 5.82 Å². The molecule has 0 spiro atoms. The number of aliphatic hydroxyl groups is 1. The predicted molar refractivity (Wildman–Crippen MR) is 80.1 cm³/mol. The Labute approximate surface area is 122 Å². The summed E-state index contributed by atoms with van der Waals surface area (Å²) < 4.78 is 19.4. The van der Waals surface area contributed by atoms with Gasteiger partial charge in [-0.05, 0) is 62.1 Å². The van der Waals surface area contributed by atoms with Crippen molar-refractivity contribution in [2.24, 2.45) is 0 Å². The molecule has 0 aliphatic rings. The molecule has 0 saturated heterocycles. The molecule has 2 nitrogen and oxygen atoms in total. The molecule has 0 aliphatic heterocycles. The van der Waals surface area contributed by atoms with E-state index in [1.807, 2.05) is 30.5 Å². The maximum atomic E-state index is 13.6. The van der Waals surface area contributed by atoms with Gasteiger partial charge in [-0.2, -0.15) is 0 Å². The fourth-order valence-electron chi connectivity index (χ4n) is 1.86. The van der Waals surface area contributed by atoms with Crippen LogP contribution in [0.5, 0.6) is 11.5 Å². The van der Waals surface area contributed by atoms with Crippen LogP contribution in [0.2, 0.25) is 0 Å². The number of thioether (sulfide) groups is 1. The second kappa shape index (κ2) is 6.29. The third-order valence-corrected chi connectivity index (χ3v) is 3.77. The number of benzene rings is 2. The molecule has 1 atom stereocenters. The highest BCUT2D eigenvalue weighted by Crippen LogP contribution is 2.32. The molecule has 106 valence electrons. The van der Waals surface area contributed by atoms with Crippen molar-refractivity contribution in [3.05, 3.63) is 53.3 Å². The number of ether oxygens (including phenoxy) is 1. The topological polar surface area (TPSA) is 29.5 Å². The van der Waals surface area contributed by atoms with Crippen LogP contribution in [-0.4, -0.2) is 11.4 Å². The van der Waals surface area contributed by atoms with Gasteiger partial charge in [0.25, 0.3) is 0 Å². The van der Waals surface area contributed by atoms with Crippen molar-refractivity contribution >= 4 is 11.8 Å². The standard InChI is InChI=1S/C16H17FO2S/c1-10-8-16(14(11(2)18)9-15(10)17)19-12-4-6-13(20-3)7-5-12/h4-9,11,18H,1-3H3/t11-/m0/s1. The molecule has 0 aliphatic carbocycles. The first-order valence-electron chi connectivity index (χ1n) is 6.31. The van der Waals surface area contributed by atoms with Crippen LogP contribution < -0.4 is 4.74 Å². The first kappa shape index (κ1) is 14.9. The van der Waals surface area contributed by atoms with Gasteiger partial charge in [0, 0.05) is 10.5 Å². The minimum Gasteiger partial charge on any atom is -0.457 e. The number of aryl methyl sites for hydroxylation is 1. The van der Waals surface area contributed by atoms with Crippen molar-refractivity contribution < 1.29 is 14.2 Å². The predicted octanol–water partition coefficient (Wildman–Crippen LogP) is 4.70. The Hall–Kier alpha value is -1.52. The van der Waals surface area contributed by atoms with E-state index < -0.39 is 6.10 Å². The molecule has 0 amide bonds. The van der Waals surface area contributed by atoms with Gasteiger partial charge >= 0.3 is 0 Å². The molecule has 0 aromatic heterocycles. The molecule has 0 bridgehead atoms. The molecule has 4 heteroatoms. The van der Waals surface area contributed by atoms with Gasteiger partial charge in [0.15, 0.2) is 0 Å². The van der Waals surface area contributed by atoms with Crippen LogP contribution in [0.3, 0.4) is 0 Å². The molecule has 20 heavy (non-hydrogen) atoms. The van der Waals surface area contributed by atoms with Crippen LogP contribution in [0.1, 0.15) is 24.2 Å². The number of hydrogen-bond donors (Lipinski definition) is 1. The Bertz CT molecular complexity index is 594. The lowest BCUT2D eigenvalue weighted by molar-refractivity contribution is 0.195. The average molecular weight is 292 g/mol. The lowest BCUT2D eigenvalue weighted by Gasteiger charge is -2.15. The minimum atomic E-state index is -0.787. The second-order valence-electron chi connectivity index (χ2n) is 4.59. The van der Waals surface area contributed by atoms with Crippen molar-refractivity contribution in [2.75, 3.05) is 6.26 Å². The quantitative estimate of drug-likeness (QED) is 0.828. The van der Waals surface area contributed by atoms with Crippen molar-refractivity contribution in [2.45, 2.75) is 24.8 Å². The highest BCUT2D eigenvalue weighted by molar-refractivity contribution is 7.98. The van der Waals surface area contributed by atoms with Gasteiger partial charge in [0.1, 0.15) is 17.3 Å². The summed E-state index contributed by atoms with van der Waals surface area (Å²) in [7, 11) is 0. The number of hydrogen-bond acceptors (Lipinski definition) is 3. The lowest BCUT2D eigenvalue weighted by atomic mass is 10.1. The zero-order chi connectivity index (χ0) is 14.7. The van der Waals surface area contributed by atoms with Crippen LogP contribution in [-0.2, 0) is 0 Å². The molecule has 2 aromatic rings. The van der Waals surface area contributed by atoms with E-state index in [0.717, 1.165) is 4.90 Å². The van der Waals surface area contributed by atoms with Gasteiger partial charge in [-0.15, -0.1) is 11.8 Å². The minimum absolute atomic E-state index is 0.342. The normalized spacial score (nSPS) is 12.2. The molecule has 0 saturated carbocycles. The molecule has 2 rings (SSSR count). The summed E-state index contributed by atoms with van der Waals surface area (Å²) in [4.78, 5) is 1.14. The van der Waals surface area contributed by atoms with Crippen LogP contribution >= 0.6 is 11.8 Å². The molecular weight excluding hydrogens is 275 g/mol. The van der Waals surface area contributed by atoms with Gasteiger partial charge in [0.05, 0.1) is 6.10 Å². The third-order valence-electron chi connectivity index (χ3n) is 3.03. The van der Waals surface area contributed by atoms with Crippen LogP contribution in [0.25, 0.3) is 0 Å². The molecule has 0 heterocycles. The largest absolute Gasteiger partial charge is 0.457 e. The van der Waals surface area contributed by atoms with E-state index >= 15 is 0 Å². The van der Waals surface area contributed by atoms with Gasteiger partial charge < -0.3 is 9.84 Å². The van der Waals surface area contributed by atoms with E-state index in [1.54, 1.807) is 31.7 Å². The van der Waals surface area contributed by atoms with E-state index in [4.69, 9.17) is 4.74 Å². The molecule has 1 N–H and O–H groups in total. The molecule has 0 fully saturated rings. The first-order chi connectivity index (χ1) is 9.51. The van der Waals surface area contributed by atoms with Gasteiger partial charge in [-0.3, -0.25) is 0 Å². The number of halogens is 1. The smallest absolute Gasteiger partial charge is 0.133 e. The molecule has 0 unspecified atom stereocenters. The van der Waals surface area contributed by atoms with Crippen LogP contribution in [0, 0.1) is 12.7 Å². The Morgan fingerprint density at radius 3 is 2.40 bits per heavy atom. The fourth-order valence-corrected chi connectivity index (χ4v) is 2.26. The number of aliphatic hydroxyl groups excluding tert-OH is 1. The second-order valence-corrected chi connectivity index (χ2v) is 5.47.